The third-order valence-electron chi connectivity index (χ3n) is 2.83. The van der Waals surface area contributed by atoms with Gasteiger partial charge in [-0.15, -0.1) is 0 Å². The van der Waals surface area contributed by atoms with Gasteiger partial charge in [-0.2, -0.15) is 0 Å². The first-order chi connectivity index (χ1) is 9.01. The zero-order valence-corrected chi connectivity index (χ0v) is 14.0. The number of hydrogen-bond donors (Lipinski definition) is 2. The molecule has 2 aromatic rings. The van der Waals surface area contributed by atoms with Gasteiger partial charge in [0.2, 0.25) is 0 Å². The first-order valence-corrected chi connectivity index (χ1v) is 7.56. The molecule has 2 nitrogen and oxygen atoms in total. The van der Waals surface area contributed by atoms with E-state index in [1.807, 2.05) is 31.2 Å². The molecule has 3 N–H and O–H groups in total. The molecule has 0 fully saturated rings. The molecule has 0 aliphatic heterocycles. The Hall–Kier alpha value is -0.500. The van der Waals surface area contributed by atoms with E-state index >= 15 is 0 Å². The highest BCUT2D eigenvalue weighted by atomic mass is 127. The molecule has 0 radical (unpaired) electrons. The minimum Gasteiger partial charge on any atom is -0.271 e. The number of hydrogen-bond acceptors (Lipinski definition) is 2. The summed E-state index contributed by atoms with van der Waals surface area (Å²) in [5, 5.41) is 0. The van der Waals surface area contributed by atoms with Gasteiger partial charge in [-0.1, -0.05) is 22.0 Å². The number of halogens is 3. The molecule has 0 bridgehead atoms. The summed E-state index contributed by atoms with van der Waals surface area (Å²) in [5.74, 6) is 5.41. The van der Waals surface area contributed by atoms with Crippen molar-refractivity contribution in [1.82, 2.24) is 5.43 Å². The Bertz CT molecular complexity index is 584. The molecule has 0 aromatic heterocycles. The normalized spacial score (nSPS) is 12.5. The molecule has 5 heteroatoms. The second kappa shape index (κ2) is 6.30. The van der Waals surface area contributed by atoms with Gasteiger partial charge in [-0.25, -0.2) is 9.82 Å². The summed E-state index contributed by atoms with van der Waals surface area (Å²) in [6, 6.07) is 10.7. The Labute approximate surface area is 133 Å². The van der Waals surface area contributed by atoms with Crippen LogP contribution in [0.4, 0.5) is 4.39 Å². The highest BCUT2D eigenvalue weighted by Crippen LogP contribution is 2.30. The van der Waals surface area contributed by atoms with Crippen LogP contribution < -0.4 is 11.3 Å². The van der Waals surface area contributed by atoms with Crippen LogP contribution in [0.15, 0.2) is 40.9 Å². The van der Waals surface area contributed by atoms with Crippen molar-refractivity contribution < 1.29 is 4.39 Å². The highest BCUT2D eigenvalue weighted by Gasteiger charge is 2.16. The van der Waals surface area contributed by atoms with Gasteiger partial charge in [-0.3, -0.25) is 5.84 Å². The quantitative estimate of drug-likeness (QED) is 0.434. The lowest BCUT2D eigenvalue weighted by Crippen LogP contribution is -2.29. The maximum Gasteiger partial charge on any atom is 0.123 e. The van der Waals surface area contributed by atoms with E-state index in [0.717, 1.165) is 24.7 Å². The summed E-state index contributed by atoms with van der Waals surface area (Å²) in [5.41, 5.74) is 5.42. The lowest BCUT2D eigenvalue weighted by Gasteiger charge is -2.19. The van der Waals surface area contributed by atoms with Crippen molar-refractivity contribution in [3.63, 3.8) is 0 Å². The predicted octanol–water partition coefficient (Wildman–Crippen LogP) is 4.05. The Kier molecular flexibility index (Phi) is 4.94. The van der Waals surface area contributed by atoms with Crippen LogP contribution in [-0.4, -0.2) is 0 Å². The Morgan fingerprint density at radius 3 is 2.63 bits per heavy atom. The average Bonchev–Trinajstić information content (AvgIpc) is 2.33. The third kappa shape index (κ3) is 3.53. The zero-order valence-electron chi connectivity index (χ0n) is 10.3. The largest absolute Gasteiger partial charge is 0.271 e. The van der Waals surface area contributed by atoms with Crippen molar-refractivity contribution in [3.05, 3.63) is 66.9 Å². The standard InChI is InChI=1S/C14H13BrFIN2/c1-8-4-9(6-10(16)5-8)14(19-18)12-7-11(17)2-3-13(12)15/h2-7,14,19H,18H2,1H3. The van der Waals surface area contributed by atoms with Gasteiger partial charge >= 0.3 is 0 Å². The van der Waals surface area contributed by atoms with Gasteiger partial charge in [0.1, 0.15) is 5.82 Å². The van der Waals surface area contributed by atoms with E-state index in [9.17, 15) is 4.39 Å². The number of benzene rings is 2. The van der Waals surface area contributed by atoms with Crippen LogP contribution in [0.1, 0.15) is 22.7 Å². The molecule has 0 aliphatic rings. The summed E-state index contributed by atoms with van der Waals surface area (Å²) in [4.78, 5) is 0. The lowest BCUT2D eigenvalue weighted by atomic mass is 9.98. The zero-order chi connectivity index (χ0) is 14.0. The van der Waals surface area contributed by atoms with E-state index in [1.165, 1.54) is 12.1 Å². The van der Waals surface area contributed by atoms with Gasteiger partial charge in [0.15, 0.2) is 0 Å². The van der Waals surface area contributed by atoms with E-state index in [1.54, 1.807) is 0 Å². The molecule has 0 aliphatic carbocycles. The van der Waals surface area contributed by atoms with Crippen molar-refractivity contribution in [2.75, 3.05) is 0 Å². The van der Waals surface area contributed by atoms with E-state index in [2.05, 4.69) is 43.9 Å². The van der Waals surface area contributed by atoms with Gasteiger partial charge in [0.05, 0.1) is 6.04 Å². The summed E-state index contributed by atoms with van der Waals surface area (Å²) in [6.45, 7) is 1.87. The number of rotatable bonds is 3. The van der Waals surface area contributed by atoms with E-state index < -0.39 is 0 Å². The van der Waals surface area contributed by atoms with Gasteiger partial charge < -0.3 is 0 Å². The molecule has 1 unspecified atom stereocenters. The predicted molar refractivity (Wildman–Crippen MR) is 87.2 cm³/mol. The molecule has 0 heterocycles. The number of nitrogens with two attached hydrogens (primary N) is 1. The third-order valence-corrected chi connectivity index (χ3v) is 4.23. The molecule has 0 spiro atoms. The molecular formula is C14H13BrFIN2. The molecule has 1 atom stereocenters. The fraction of sp³-hybridized carbons (Fsp3) is 0.143. The Morgan fingerprint density at radius 2 is 2.00 bits per heavy atom. The van der Waals surface area contributed by atoms with Crippen LogP contribution in [0.3, 0.4) is 0 Å². The first kappa shape index (κ1) is 14.9. The summed E-state index contributed by atoms with van der Waals surface area (Å²) < 4.78 is 15.6. The molecular weight excluding hydrogens is 422 g/mol. The van der Waals surface area contributed by atoms with Gasteiger partial charge in [0, 0.05) is 8.04 Å². The number of hydrazine groups is 1. The maximum atomic E-state index is 13.5. The van der Waals surface area contributed by atoms with Crippen molar-refractivity contribution >= 4 is 38.5 Å². The van der Waals surface area contributed by atoms with Crippen molar-refractivity contribution in [2.45, 2.75) is 13.0 Å². The van der Waals surface area contributed by atoms with Crippen LogP contribution in [0.25, 0.3) is 0 Å². The monoisotopic (exact) mass is 434 g/mol. The summed E-state index contributed by atoms with van der Waals surface area (Å²) in [7, 11) is 0. The van der Waals surface area contributed by atoms with Crippen LogP contribution in [0.5, 0.6) is 0 Å². The number of nitrogens with one attached hydrogen (secondary N) is 1. The van der Waals surface area contributed by atoms with E-state index in [-0.39, 0.29) is 11.9 Å². The van der Waals surface area contributed by atoms with Gasteiger partial charge in [-0.05, 0) is 76.5 Å². The first-order valence-electron chi connectivity index (χ1n) is 5.69. The molecule has 0 saturated heterocycles. The van der Waals surface area contributed by atoms with Crippen LogP contribution in [-0.2, 0) is 0 Å². The second-order valence-electron chi connectivity index (χ2n) is 4.33. The van der Waals surface area contributed by atoms with Crippen molar-refractivity contribution in [2.24, 2.45) is 5.84 Å². The molecule has 100 valence electrons. The summed E-state index contributed by atoms with van der Waals surface area (Å²) in [6.07, 6.45) is 0. The van der Waals surface area contributed by atoms with Crippen LogP contribution in [0.2, 0.25) is 0 Å². The Morgan fingerprint density at radius 1 is 1.26 bits per heavy atom. The lowest BCUT2D eigenvalue weighted by molar-refractivity contribution is 0.603. The number of aryl methyl sites for hydroxylation is 1. The molecule has 2 rings (SSSR count). The van der Waals surface area contributed by atoms with Gasteiger partial charge in [0.25, 0.3) is 0 Å². The fourth-order valence-electron chi connectivity index (χ4n) is 2.03. The maximum absolute atomic E-state index is 13.5. The van der Waals surface area contributed by atoms with Crippen molar-refractivity contribution in [3.8, 4) is 0 Å². The average molecular weight is 435 g/mol. The van der Waals surface area contributed by atoms with Crippen LogP contribution >= 0.6 is 38.5 Å². The summed E-state index contributed by atoms with van der Waals surface area (Å²) >= 11 is 5.75. The topological polar surface area (TPSA) is 38.0 Å². The molecule has 0 amide bonds. The minimum absolute atomic E-state index is 0.251. The van der Waals surface area contributed by atoms with Crippen LogP contribution in [0, 0.1) is 16.3 Å². The van der Waals surface area contributed by atoms with Crippen molar-refractivity contribution in [1.29, 1.82) is 0 Å². The fourth-order valence-corrected chi connectivity index (χ4v) is 3.02. The Balaban J connectivity index is 2.52. The second-order valence-corrected chi connectivity index (χ2v) is 6.43. The highest BCUT2D eigenvalue weighted by molar-refractivity contribution is 14.1. The van der Waals surface area contributed by atoms with E-state index in [4.69, 9.17) is 5.84 Å². The SMILES string of the molecule is Cc1cc(F)cc(C(NN)c2cc(I)ccc2Br)c1. The molecule has 19 heavy (non-hydrogen) atoms. The molecule has 2 aromatic carbocycles. The van der Waals surface area contributed by atoms with E-state index in [0.29, 0.717) is 0 Å². The smallest absolute Gasteiger partial charge is 0.123 e. The minimum atomic E-state index is -0.253. The molecule has 0 saturated carbocycles.